The highest BCUT2D eigenvalue weighted by molar-refractivity contribution is 5.63. The molecule has 2 N–H and O–H groups in total. The SMILES string of the molecule is CNc1nc(Nc2cc(F)ccc2OC)ncc1C(F)(F)F. The highest BCUT2D eigenvalue weighted by atomic mass is 19.4. The Morgan fingerprint density at radius 3 is 2.55 bits per heavy atom. The quantitative estimate of drug-likeness (QED) is 0.846. The first kappa shape index (κ1) is 15.8. The molecule has 5 nitrogen and oxygen atoms in total. The summed E-state index contributed by atoms with van der Waals surface area (Å²) in [7, 11) is 2.69. The van der Waals surface area contributed by atoms with Gasteiger partial charge in [-0.25, -0.2) is 9.37 Å². The number of halogens is 4. The molecule has 22 heavy (non-hydrogen) atoms. The number of ether oxygens (including phenoxy) is 1. The van der Waals surface area contributed by atoms with Crippen molar-refractivity contribution < 1.29 is 22.3 Å². The molecule has 0 bridgehead atoms. The molecule has 0 unspecified atom stereocenters. The summed E-state index contributed by atoms with van der Waals surface area (Å²) in [6.07, 6.45) is -3.93. The predicted octanol–water partition coefficient (Wildman–Crippen LogP) is 3.43. The van der Waals surface area contributed by atoms with Gasteiger partial charge < -0.3 is 15.4 Å². The Morgan fingerprint density at radius 1 is 1.23 bits per heavy atom. The lowest BCUT2D eigenvalue weighted by Crippen LogP contribution is -2.12. The number of nitrogens with one attached hydrogen (secondary N) is 2. The molecule has 0 saturated carbocycles. The summed E-state index contributed by atoms with van der Waals surface area (Å²) in [5.41, 5.74) is -0.795. The van der Waals surface area contributed by atoms with Crippen LogP contribution in [0, 0.1) is 5.82 Å². The van der Waals surface area contributed by atoms with Crippen LogP contribution in [0.1, 0.15) is 5.56 Å². The largest absolute Gasteiger partial charge is 0.495 e. The van der Waals surface area contributed by atoms with Crippen LogP contribution in [-0.2, 0) is 6.18 Å². The molecule has 0 radical (unpaired) electrons. The summed E-state index contributed by atoms with van der Waals surface area (Å²) >= 11 is 0. The lowest BCUT2D eigenvalue weighted by atomic mass is 10.3. The fourth-order valence-corrected chi connectivity index (χ4v) is 1.74. The van der Waals surface area contributed by atoms with Crippen molar-refractivity contribution >= 4 is 17.5 Å². The van der Waals surface area contributed by atoms with Gasteiger partial charge >= 0.3 is 6.18 Å². The number of hydrogen-bond donors (Lipinski definition) is 2. The smallest absolute Gasteiger partial charge is 0.421 e. The Bertz CT molecular complexity index is 676. The fourth-order valence-electron chi connectivity index (χ4n) is 1.74. The van der Waals surface area contributed by atoms with Gasteiger partial charge in [0, 0.05) is 19.3 Å². The molecule has 0 fully saturated rings. The minimum Gasteiger partial charge on any atom is -0.495 e. The minimum absolute atomic E-state index is 0.124. The van der Waals surface area contributed by atoms with E-state index < -0.39 is 17.6 Å². The lowest BCUT2D eigenvalue weighted by Gasteiger charge is -2.14. The highest BCUT2D eigenvalue weighted by Gasteiger charge is 2.35. The predicted molar refractivity (Wildman–Crippen MR) is 72.8 cm³/mol. The molecule has 0 aliphatic carbocycles. The van der Waals surface area contributed by atoms with Crippen molar-refractivity contribution in [2.75, 3.05) is 24.8 Å². The van der Waals surface area contributed by atoms with Gasteiger partial charge in [-0.2, -0.15) is 18.2 Å². The van der Waals surface area contributed by atoms with Gasteiger partial charge in [0.15, 0.2) is 0 Å². The summed E-state index contributed by atoms with van der Waals surface area (Å²) < 4.78 is 56.5. The summed E-state index contributed by atoms with van der Waals surface area (Å²) in [4.78, 5) is 7.32. The van der Waals surface area contributed by atoms with E-state index in [2.05, 4.69) is 20.6 Å². The third-order valence-electron chi connectivity index (χ3n) is 2.74. The van der Waals surface area contributed by atoms with Crippen molar-refractivity contribution in [3.8, 4) is 5.75 Å². The van der Waals surface area contributed by atoms with Crippen LogP contribution in [0.4, 0.5) is 35.0 Å². The summed E-state index contributed by atoms with van der Waals surface area (Å²) in [5, 5.41) is 4.97. The van der Waals surface area contributed by atoms with Gasteiger partial charge in [-0.05, 0) is 12.1 Å². The Kier molecular flexibility index (Phi) is 4.34. The first-order valence-corrected chi connectivity index (χ1v) is 6.07. The Balaban J connectivity index is 2.37. The average Bonchev–Trinajstić information content (AvgIpc) is 2.46. The van der Waals surface area contributed by atoms with E-state index in [0.717, 1.165) is 6.07 Å². The second kappa shape index (κ2) is 6.04. The van der Waals surface area contributed by atoms with Gasteiger partial charge in [-0.3, -0.25) is 0 Å². The Morgan fingerprint density at radius 2 is 1.95 bits per heavy atom. The third kappa shape index (κ3) is 3.35. The zero-order valence-corrected chi connectivity index (χ0v) is 11.6. The molecule has 1 aromatic heterocycles. The van der Waals surface area contributed by atoms with E-state index in [4.69, 9.17) is 4.74 Å². The zero-order valence-electron chi connectivity index (χ0n) is 11.6. The summed E-state index contributed by atoms with van der Waals surface area (Å²) in [6, 6.07) is 3.69. The first-order valence-electron chi connectivity index (χ1n) is 6.07. The zero-order chi connectivity index (χ0) is 16.3. The molecule has 0 aliphatic heterocycles. The van der Waals surface area contributed by atoms with Crippen LogP contribution < -0.4 is 15.4 Å². The van der Waals surface area contributed by atoms with Crippen molar-refractivity contribution in [3.05, 3.63) is 35.8 Å². The van der Waals surface area contributed by atoms with E-state index in [1.807, 2.05) is 0 Å². The maximum Gasteiger partial charge on any atom is 0.421 e. The van der Waals surface area contributed by atoms with Gasteiger partial charge in [-0.1, -0.05) is 0 Å². The maximum atomic E-state index is 13.3. The number of hydrogen-bond acceptors (Lipinski definition) is 5. The van der Waals surface area contributed by atoms with E-state index in [1.165, 1.54) is 26.3 Å². The molecule has 2 rings (SSSR count). The molecule has 0 atom stereocenters. The number of rotatable bonds is 4. The number of methoxy groups -OCH3 is 1. The topological polar surface area (TPSA) is 59.1 Å². The van der Waals surface area contributed by atoms with Gasteiger partial charge in [0.1, 0.15) is 22.9 Å². The molecule has 1 heterocycles. The van der Waals surface area contributed by atoms with Crippen molar-refractivity contribution in [2.45, 2.75) is 6.18 Å². The number of nitrogens with zero attached hydrogens (tertiary/aromatic N) is 2. The number of alkyl halides is 3. The van der Waals surface area contributed by atoms with Gasteiger partial charge in [-0.15, -0.1) is 0 Å². The molecule has 2 aromatic rings. The normalized spacial score (nSPS) is 11.2. The highest BCUT2D eigenvalue weighted by Crippen LogP contribution is 2.34. The molecule has 9 heteroatoms. The van der Waals surface area contributed by atoms with Crippen molar-refractivity contribution in [1.29, 1.82) is 0 Å². The molecular weight excluding hydrogens is 304 g/mol. The van der Waals surface area contributed by atoms with Crippen LogP contribution in [0.5, 0.6) is 5.75 Å². The van der Waals surface area contributed by atoms with Crippen molar-refractivity contribution in [3.63, 3.8) is 0 Å². The van der Waals surface area contributed by atoms with Crippen LogP contribution in [-0.4, -0.2) is 24.1 Å². The number of benzene rings is 1. The van der Waals surface area contributed by atoms with E-state index >= 15 is 0 Å². The molecular formula is C13H12F4N4O. The van der Waals surface area contributed by atoms with Crippen molar-refractivity contribution in [2.24, 2.45) is 0 Å². The molecule has 0 amide bonds. The van der Waals surface area contributed by atoms with E-state index in [-0.39, 0.29) is 17.5 Å². The Hall–Kier alpha value is -2.58. The summed E-state index contributed by atoms with van der Waals surface area (Å²) in [6.45, 7) is 0. The minimum atomic E-state index is -4.58. The second-order valence-electron chi connectivity index (χ2n) is 4.17. The van der Waals surface area contributed by atoms with E-state index in [0.29, 0.717) is 11.9 Å². The molecule has 1 aromatic carbocycles. The molecule has 0 spiro atoms. The molecule has 118 valence electrons. The van der Waals surface area contributed by atoms with Crippen LogP contribution in [0.15, 0.2) is 24.4 Å². The lowest BCUT2D eigenvalue weighted by molar-refractivity contribution is -0.137. The molecule has 0 saturated heterocycles. The average molecular weight is 316 g/mol. The van der Waals surface area contributed by atoms with E-state index in [1.54, 1.807) is 0 Å². The van der Waals surface area contributed by atoms with Crippen LogP contribution in [0.25, 0.3) is 0 Å². The monoisotopic (exact) mass is 316 g/mol. The van der Waals surface area contributed by atoms with Crippen LogP contribution >= 0.6 is 0 Å². The Labute approximate surface area is 123 Å². The fraction of sp³-hybridized carbons (Fsp3) is 0.231. The van der Waals surface area contributed by atoms with Crippen LogP contribution in [0.3, 0.4) is 0 Å². The van der Waals surface area contributed by atoms with Gasteiger partial charge in [0.05, 0.1) is 12.8 Å². The number of anilines is 3. The van der Waals surface area contributed by atoms with Gasteiger partial charge in [0.25, 0.3) is 0 Å². The second-order valence-corrected chi connectivity index (χ2v) is 4.17. The molecule has 0 aliphatic rings. The third-order valence-corrected chi connectivity index (χ3v) is 2.74. The maximum absolute atomic E-state index is 13.3. The van der Waals surface area contributed by atoms with E-state index in [9.17, 15) is 17.6 Å². The first-order chi connectivity index (χ1) is 10.3. The van der Waals surface area contributed by atoms with Crippen molar-refractivity contribution in [1.82, 2.24) is 9.97 Å². The standard InChI is InChI=1S/C13H12F4N4O/c1-18-11-8(13(15,16)17)6-19-12(21-11)20-9-5-7(14)3-4-10(9)22-2/h3-6H,1-2H3,(H2,18,19,20,21). The summed E-state index contributed by atoms with van der Waals surface area (Å²) in [5.74, 6) is -0.749. The van der Waals surface area contributed by atoms with Gasteiger partial charge in [0.2, 0.25) is 5.95 Å². The number of aromatic nitrogens is 2. The van der Waals surface area contributed by atoms with Crippen LogP contribution in [0.2, 0.25) is 0 Å².